The van der Waals surface area contributed by atoms with E-state index in [1.165, 1.54) is 18.6 Å². The van der Waals surface area contributed by atoms with Crippen LogP contribution in [-0.2, 0) is 9.53 Å². The molecular formula is C18H36IN3O2S. The van der Waals surface area contributed by atoms with Crippen LogP contribution >= 0.6 is 35.7 Å². The first-order valence-electron chi connectivity index (χ1n) is 9.41. The average Bonchev–Trinajstić information content (AvgIpc) is 2.99. The number of ether oxygens (including phenoxy) is 1. The van der Waals surface area contributed by atoms with Crippen LogP contribution in [0, 0.1) is 0 Å². The van der Waals surface area contributed by atoms with E-state index in [1.807, 2.05) is 18.7 Å². The molecule has 1 heterocycles. The van der Waals surface area contributed by atoms with Gasteiger partial charge in [-0.2, -0.15) is 11.8 Å². The van der Waals surface area contributed by atoms with Crippen molar-refractivity contribution >= 4 is 47.7 Å². The fourth-order valence-electron chi connectivity index (χ4n) is 2.74. The van der Waals surface area contributed by atoms with Crippen molar-refractivity contribution in [2.24, 2.45) is 4.99 Å². The van der Waals surface area contributed by atoms with Crippen molar-refractivity contribution in [3.63, 3.8) is 0 Å². The Morgan fingerprint density at radius 3 is 2.60 bits per heavy atom. The summed E-state index contributed by atoms with van der Waals surface area (Å²) in [5.74, 6) is 2.12. The molecular weight excluding hydrogens is 449 g/mol. The fourth-order valence-corrected chi connectivity index (χ4v) is 3.96. The second kappa shape index (κ2) is 14.9. The molecule has 1 atom stereocenters. The Hall–Kier alpha value is -0.180. The maximum atomic E-state index is 11.2. The van der Waals surface area contributed by atoms with E-state index in [0.717, 1.165) is 51.3 Å². The Morgan fingerprint density at radius 2 is 1.96 bits per heavy atom. The van der Waals surface area contributed by atoms with Gasteiger partial charge in [-0.15, -0.1) is 24.0 Å². The van der Waals surface area contributed by atoms with Crippen LogP contribution in [0.15, 0.2) is 4.99 Å². The SMILES string of the molecule is CCNC(=NCC1(C)CCCS1)NCCCCCCC(=O)OCC.I. The number of aliphatic imine (C=N–C) groups is 1. The van der Waals surface area contributed by atoms with E-state index in [-0.39, 0.29) is 29.9 Å². The van der Waals surface area contributed by atoms with Gasteiger partial charge in [0, 0.05) is 24.3 Å². The molecule has 1 aliphatic rings. The number of rotatable bonds is 11. The lowest BCUT2D eigenvalue weighted by Gasteiger charge is -2.21. The van der Waals surface area contributed by atoms with E-state index in [4.69, 9.17) is 9.73 Å². The topological polar surface area (TPSA) is 62.7 Å². The van der Waals surface area contributed by atoms with E-state index < -0.39 is 0 Å². The summed E-state index contributed by atoms with van der Waals surface area (Å²) >= 11 is 2.05. The number of thioether (sulfide) groups is 1. The van der Waals surface area contributed by atoms with Crippen molar-refractivity contribution in [3.8, 4) is 0 Å². The maximum absolute atomic E-state index is 11.2. The summed E-state index contributed by atoms with van der Waals surface area (Å²) in [4.78, 5) is 16.0. The van der Waals surface area contributed by atoms with Gasteiger partial charge in [-0.1, -0.05) is 12.8 Å². The van der Waals surface area contributed by atoms with Gasteiger partial charge in [0.15, 0.2) is 5.96 Å². The van der Waals surface area contributed by atoms with Crippen molar-refractivity contribution in [2.45, 2.75) is 70.5 Å². The Balaban J connectivity index is 0.00000576. The fraction of sp³-hybridized carbons (Fsp3) is 0.889. The third-order valence-corrected chi connectivity index (χ3v) is 5.64. The van der Waals surface area contributed by atoms with Crippen LogP contribution in [0.4, 0.5) is 0 Å². The number of carbonyl (C=O) groups is 1. The normalized spacial score (nSPS) is 20.0. The number of nitrogens with one attached hydrogen (secondary N) is 2. The summed E-state index contributed by atoms with van der Waals surface area (Å²) in [6.45, 7) is 9.43. The summed E-state index contributed by atoms with van der Waals surface area (Å²) < 4.78 is 5.24. The van der Waals surface area contributed by atoms with Gasteiger partial charge in [0.1, 0.15) is 0 Å². The van der Waals surface area contributed by atoms with Crippen LogP contribution in [-0.4, -0.2) is 48.7 Å². The van der Waals surface area contributed by atoms with Crippen molar-refractivity contribution in [2.75, 3.05) is 32.0 Å². The van der Waals surface area contributed by atoms with Gasteiger partial charge in [-0.05, 0) is 52.2 Å². The number of guanidine groups is 1. The smallest absolute Gasteiger partial charge is 0.305 e. The molecule has 0 bridgehead atoms. The minimum Gasteiger partial charge on any atom is -0.466 e. The van der Waals surface area contributed by atoms with Crippen molar-refractivity contribution in [3.05, 3.63) is 0 Å². The lowest BCUT2D eigenvalue weighted by atomic mass is 10.1. The number of nitrogens with zero attached hydrogens (tertiary/aromatic N) is 1. The summed E-state index contributed by atoms with van der Waals surface area (Å²) in [6, 6.07) is 0. The van der Waals surface area contributed by atoms with E-state index in [0.29, 0.717) is 17.8 Å². The number of esters is 1. The molecule has 0 aromatic carbocycles. The van der Waals surface area contributed by atoms with Crippen LogP contribution in [0.25, 0.3) is 0 Å². The lowest BCUT2D eigenvalue weighted by Crippen LogP contribution is -2.39. The van der Waals surface area contributed by atoms with Crippen LogP contribution in [0.3, 0.4) is 0 Å². The molecule has 25 heavy (non-hydrogen) atoms. The van der Waals surface area contributed by atoms with Crippen molar-refractivity contribution in [1.29, 1.82) is 0 Å². The Kier molecular flexibility index (Phi) is 14.8. The van der Waals surface area contributed by atoms with Gasteiger partial charge in [-0.3, -0.25) is 9.79 Å². The molecule has 0 amide bonds. The van der Waals surface area contributed by atoms with Gasteiger partial charge in [0.2, 0.25) is 0 Å². The molecule has 0 aliphatic carbocycles. The Labute approximate surface area is 174 Å². The highest BCUT2D eigenvalue weighted by Crippen LogP contribution is 2.37. The zero-order valence-electron chi connectivity index (χ0n) is 16.1. The van der Waals surface area contributed by atoms with Crippen molar-refractivity contribution in [1.82, 2.24) is 10.6 Å². The predicted molar refractivity (Wildman–Crippen MR) is 119 cm³/mol. The highest BCUT2D eigenvalue weighted by Gasteiger charge is 2.29. The molecule has 5 nitrogen and oxygen atoms in total. The summed E-state index contributed by atoms with van der Waals surface area (Å²) in [5, 5.41) is 6.74. The Bertz CT molecular complexity index is 389. The monoisotopic (exact) mass is 485 g/mol. The molecule has 2 N–H and O–H groups in total. The molecule has 0 radical (unpaired) electrons. The first-order chi connectivity index (χ1) is 11.6. The minimum absolute atomic E-state index is 0. The molecule has 1 aliphatic heterocycles. The predicted octanol–water partition coefficient (Wildman–Crippen LogP) is 3.96. The average molecular weight is 485 g/mol. The first kappa shape index (κ1) is 24.8. The molecule has 7 heteroatoms. The summed E-state index contributed by atoms with van der Waals surface area (Å²) in [7, 11) is 0. The van der Waals surface area contributed by atoms with E-state index in [1.54, 1.807) is 0 Å². The molecule has 148 valence electrons. The van der Waals surface area contributed by atoms with Crippen molar-refractivity contribution < 1.29 is 9.53 Å². The second-order valence-electron chi connectivity index (χ2n) is 6.49. The van der Waals surface area contributed by atoms with E-state index >= 15 is 0 Å². The Morgan fingerprint density at radius 1 is 1.20 bits per heavy atom. The molecule has 1 rings (SSSR count). The van der Waals surface area contributed by atoms with Crippen LogP contribution in [0.2, 0.25) is 0 Å². The number of hydrogen-bond acceptors (Lipinski definition) is 4. The van der Waals surface area contributed by atoms with Gasteiger partial charge in [0.05, 0.1) is 13.2 Å². The summed E-state index contributed by atoms with van der Waals surface area (Å²) in [6.07, 6.45) is 7.33. The molecule has 0 aromatic rings. The number of halogens is 1. The highest BCUT2D eigenvalue weighted by atomic mass is 127. The standard InChI is InChI=1S/C18H35N3O2S.HI/c1-4-19-17(21-15-18(3)12-10-14-24-18)20-13-9-7-6-8-11-16(22)23-5-2;/h4-15H2,1-3H3,(H2,19,20,21);1H. The van der Waals surface area contributed by atoms with E-state index in [9.17, 15) is 4.79 Å². The second-order valence-corrected chi connectivity index (χ2v) is 8.18. The largest absolute Gasteiger partial charge is 0.466 e. The zero-order chi connectivity index (χ0) is 17.7. The lowest BCUT2D eigenvalue weighted by molar-refractivity contribution is -0.143. The number of carbonyl (C=O) groups excluding carboxylic acids is 1. The van der Waals surface area contributed by atoms with E-state index in [2.05, 4.69) is 24.5 Å². The quantitative estimate of drug-likeness (QED) is 0.153. The van der Waals surface area contributed by atoms with Gasteiger partial charge < -0.3 is 15.4 Å². The minimum atomic E-state index is -0.0736. The first-order valence-corrected chi connectivity index (χ1v) is 10.4. The number of unbranched alkanes of at least 4 members (excludes halogenated alkanes) is 3. The van der Waals surface area contributed by atoms with Gasteiger partial charge >= 0.3 is 5.97 Å². The summed E-state index contributed by atoms with van der Waals surface area (Å²) in [5.41, 5.74) is 0. The van der Waals surface area contributed by atoms with Crippen LogP contribution in [0.1, 0.15) is 65.7 Å². The number of hydrogen-bond donors (Lipinski definition) is 2. The molecule has 1 fully saturated rings. The maximum Gasteiger partial charge on any atom is 0.305 e. The zero-order valence-corrected chi connectivity index (χ0v) is 19.2. The molecule has 0 spiro atoms. The van der Waals surface area contributed by atoms with Crippen LogP contribution < -0.4 is 10.6 Å². The van der Waals surface area contributed by atoms with Gasteiger partial charge in [-0.25, -0.2) is 0 Å². The van der Waals surface area contributed by atoms with Crippen LogP contribution in [0.5, 0.6) is 0 Å². The highest BCUT2D eigenvalue weighted by molar-refractivity contribution is 14.0. The third-order valence-electron chi connectivity index (χ3n) is 4.12. The third kappa shape index (κ3) is 11.9. The molecule has 0 saturated carbocycles. The van der Waals surface area contributed by atoms with Gasteiger partial charge in [0.25, 0.3) is 0 Å². The molecule has 1 unspecified atom stereocenters. The molecule has 1 saturated heterocycles. The molecule has 0 aromatic heterocycles.